The van der Waals surface area contributed by atoms with Gasteiger partial charge in [-0.1, -0.05) is 13.8 Å². The van der Waals surface area contributed by atoms with E-state index in [1.165, 1.54) is 4.70 Å². The van der Waals surface area contributed by atoms with E-state index in [0.29, 0.717) is 0 Å². The van der Waals surface area contributed by atoms with Crippen molar-refractivity contribution in [3.05, 3.63) is 22.2 Å². The Morgan fingerprint density at radius 1 is 1.45 bits per heavy atom. The van der Waals surface area contributed by atoms with Gasteiger partial charge in [-0.3, -0.25) is 0 Å². The summed E-state index contributed by atoms with van der Waals surface area (Å²) < 4.78 is 7.24. The molecule has 2 aromatic heterocycles. The van der Waals surface area contributed by atoms with Crippen molar-refractivity contribution in [2.45, 2.75) is 13.8 Å². The van der Waals surface area contributed by atoms with Gasteiger partial charge in [0.25, 0.3) is 0 Å². The molecule has 0 amide bonds. The van der Waals surface area contributed by atoms with E-state index >= 15 is 0 Å². The van der Waals surface area contributed by atoms with Crippen LogP contribution in [0.15, 0.2) is 26.6 Å². The Balaban J connectivity index is 0.000000281. The fourth-order valence-electron chi connectivity index (χ4n) is 0.736. The first-order valence-corrected chi connectivity index (χ1v) is 5.16. The summed E-state index contributed by atoms with van der Waals surface area (Å²) in [6, 6.07) is 3.94. The summed E-state index contributed by atoms with van der Waals surface area (Å²) in [5.74, 6) is 0. The van der Waals surface area contributed by atoms with Crippen molar-refractivity contribution < 1.29 is 4.42 Å². The van der Waals surface area contributed by atoms with Crippen LogP contribution in [0.1, 0.15) is 13.8 Å². The summed E-state index contributed by atoms with van der Waals surface area (Å²) in [5, 5.41) is 2.01. The molecular formula is C8H9BrOS. The van der Waals surface area contributed by atoms with Gasteiger partial charge < -0.3 is 4.42 Å². The van der Waals surface area contributed by atoms with Gasteiger partial charge in [0.15, 0.2) is 4.67 Å². The highest BCUT2D eigenvalue weighted by atomic mass is 79.9. The minimum absolute atomic E-state index is 0.810. The van der Waals surface area contributed by atoms with Crippen molar-refractivity contribution in [3.8, 4) is 0 Å². The Bertz CT molecular complexity index is 295. The highest BCUT2D eigenvalue weighted by Gasteiger charge is 1.99. The van der Waals surface area contributed by atoms with Gasteiger partial charge in [-0.2, -0.15) is 0 Å². The first-order valence-electron chi connectivity index (χ1n) is 3.49. The lowest BCUT2D eigenvalue weighted by Crippen LogP contribution is -1.40. The molecule has 0 aromatic carbocycles. The molecule has 0 bridgehead atoms. The minimum Gasteiger partial charge on any atom is -0.448 e. The molecule has 0 unspecified atom stereocenters. The van der Waals surface area contributed by atoms with E-state index in [1.54, 1.807) is 11.3 Å². The summed E-state index contributed by atoms with van der Waals surface area (Å²) in [6.07, 6.45) is 0. The first-order chi connectivity index (χ1) is 5.36. The number of furan rings is 1. The molecule has 2 heterocycles. The maximum Gasteiger partial charge on any atom is 0.171 e. The van der Waals surface area contributed by atoms with Crippen molar-refractivity contribution in [2.75, 3.05) is 0 Å². The number of thiophene rings is 1. The Morgan fingerprint density at radius 3 is 2.82 bits per heavy atom. The predicted molar refractivity (Wildman–Crippen MR) is 53.1 cm³/mol. The molecule has 0 saturated carbocycles. The second-order valence-electron chi connectivity index (χ2n) is 1.70. The average molecular weight is 233 g/mol. The summed E-state index contributed by atoms with van der Waals surface area (Å²) in [5.41, 5.74) is 0.965. The minimum atomic E-state index is 0.810. The lowest BCUT2D eigenvalue weighted by molar-refractivity contribution is 0.588. The predicted octanol–water partition coefficient (Wildman–Crippen LogP) is 4.28. The van der Waals surface area contributed by atoms with Crippen molar-refractivity contribution in [2.24, 2.45) is 0 Å². The van der Waals surface area contributed by atoms with Crippen LogP contribution < -0.4 is 0 Å². The van der Waals surface area contributed by atoms with E-state index in [1.807, 2.05) is 31.4 Å². The molecule has 0 aliphatic rings. The monoisotopic (exact) mass is 232 g/mol. The van der Waals surface area contributed by atoms with E-state index in [9.17, 15) is 0 Å². The molecule has 2 rings (SSSR count). The fraction of sp³-hybridized carbons (Fsp3) is 0.250. The third kappa shape index (κ3) is 1.84. The molecule has 3 heteroatoms. The van der Waals surface area contributed by atoms with Gasteiger partial charge in [0, 0.05) is 6.07 Å². The second kappa shape index (κ2) is 3.93. The van der Waals surface area contributed by atoms with Gasteiger partial charge in [0.2, 0.25) is 0 Å². The standard InChI is InChI=1S/C6H3BrOS.C2H6/c7-6-3-5-4(8-6)1-2-9-5;1-2/h1-3H;1-2H3. The van der Waals surface area contributed by atoms with Crippen LogP contribution in [0.25, 0.3) is 10.3 Å². The molecule has 0 spiro atoms. The van der Waals surface area contributed by atoms with Gasteiger partial charge in [-0.15, -0.1) is 11.3 Å². The lowest BCUT2D eigenvalue weighted by Gasteiger charge is -1.71. The Kier molecular flexibility index (Phi) is 3.15. The zero-order valence-corrected chi connectivity index (χ0v) is 8.83. The van der Waals surface area contributed by atoms with Crippen LogP contribution >= 0.6 is 27.3 Å². The number of halogens is 1. The first kappa shape index (κ1) is 8.81. The highest BCUT2D eigenvalue weighted by Crippen LogP contribution is 2.27. The molecule has 0 fully saturated rings. The molecule has 0 aliphatic carbocycles. The smallest absolute Gasteiger partial charge is 0.171 e. The maximum absolute atomic E-state index is 5.23. The van der Waals surface area contributed by atoms with E-state index < -0.39 is 0 Å². The number of fused-ring (bicyclic) bond motifs is 1. The number of rotatable bonds is 0. The highest BCUT2D eigenvalue weighted by molar-refractivity contribution is 9.10. The van der Waals surface area contributed by atoms with E-state index in [2.05, 4.69) is 15.9 Å². The molecule has 11 heavy (non-hydrogen) atoms. The normalized spacial score (nSPS) is 9.36. The number of hydrogen-bond acceptors (Lipinski definition) is 2. The summed E-state index contributed by atoms with van der Waals surface area (Å²) in [7, 11) is 0. The molecule has 0 saturated heterocycles. The fourth-order valence-corrected chi connectivity index (χ4v) is 2.03. The summed E-state index contributed by atoms with van der Waals surface area (Å²) in [6.45, 7) is 4.00. The van der Waals surface area contributed by atoms with Crippen molar-refractivity contribution in [1.82, 2.24) is 0 Å². The van der Waals surface area contributed by atoms with Crippen molar-refractivity contribution in [3.63, 3.8) is 0 Å². The third-order valence-electron chi connectivity index (χ3n) is 1.11. The Hall–Kier alpha value is -0.280. The van der Waals surface area contributed by atoms with Crippen LogP contribution in [0.3, 0.4) is 0 Å². The molecule has 0 N–H and O–H groups in total. The second-order valence-corrected chi connectivity index (χ2v) is 3.43. The molecule has 60 valence electrons. The van der Waals surface area contributed by atoms with Crippen LogP contribution in [0.4, 0.5) is 0 Å². The molecule has 1 nitrogen and oxygen atoms in total. The maximum atomic E-state index is 5.23. The molecule has 0 radical (unpaired) electrons. The van der Waals surface area contributed by atoms with Crippen LogP contribution in [0, 0.1) is 0 Å². The SMILES string of the molecule is Brc1cc2sccc2o1.CC. The zero-order valence-electron chi connectivity index (χ0n) is 6.43. The number of hydrogen-bond donors (Lipinski definition) is 0. The van der Waals surface area contributed by atoms with E-state index in [-0.39, 0.29) is 0 Å². The zero-order chi connectivity index (χ0) is 8.27. The summed E-state index contributed by atoms with van der Waals surface area (Å²) >= 11 is 4.93. The third-order valence-corrected chi connectivity index (χ3v) is 2.35. The molecule has 0 atom stereocenters. The topological polar surface area (TPSA) is 13.1 Å². The lowest BCUT2D eigenvalue weighted by atomic mass is 10.5. The van der Waals surface area contributed by atoms with Gasteiger partial charge in [0.1, 0.15) is 5.58 Å². The molecular weight excluding hydrogens is 224 g/mol. The van der Waals surface area contributed by atoms with Crippen LogP contribution in [-0.4, -0.2) is 0 Å². The summed E-state index contributed by atoms with van der Waals surface area (Å²) in [4.78, 5) is 0. The van der Waals surface area contributed by atoms with Gasteiger partial charge in [-0.25, -0.2) is 0 Å². The quantitative estimate of drug-likeness (QED) is 0.661. The molecule has 2 aromatic rings. The largest absolute Gasteiger partial charge is 0.448 e. The van der Waals surface area contributed by atoms with Crippen molar-refractivity contribution >= 4 is 37.5 Å². The van der Waals surface area contributed by atoms with Crippen LogP contribution in [0.5, 0.6) is 0 Å². The van der Waals surface area contributed by atoms with Crippen molar-refractivity contribution in [1.29, 1.82) is 0 Å². The Morgan fingerprint density at radius 2 is 2.18 bits per heavy atom. The van der Waals surface area contributed by atoms with Gasteiger partial charge in [-0.05, 0) is 27.4 Å². The van der Waals surface area contributed by atoms with Crippen LogP contribution in [0.2, 0.25) is 0 Å². The van der Waals surface area contributed by atoms with Crippen LogP contribution in [-0.2, 0) is 0 Å². The molecule has 0 aliphatic heterocycles. The van der Waals surface area contributed by atoms with E-state index in [4.69, 9.17) is 4.42 Å². The van der Waals surface area contributed by atoms with E-state index in [0.717, 1.165) is 10.3 Å². The van der Waals surface area contributed by atoms with Gasteiger partial charge in [0.05, 0.1) is 4.70 Å². The average Bonchev–Trinajstić information content (AvgIpc) is 2.51. The van der Waals surface area contributed by atoms with Gasteiger partial charge >= 0.3 is 0 Å². The Labute approximate surface area is 78.2 Å².